The number of rotatable bonds is 1. The summed E-state index contributed by atoms with van der Waals surface area (Å²) >= 11 is 0. The van der Waals surface area contributed by atoms with Crippen LogP contribution >= 0.6 is 0 Å². The summed E-state index contributed by atoms with van der Waals surface area (Å²) in [5, 5.41) is 6.07. The third kappa shape index (κ3) is 2.27. The largest absolute Gasteiger partial charge is 0.416 e. The molecule has 1 heterocycles. The first-order valence-corrected chi connectivity index (χ1v) is 4.64. The summed E-state index contributed by atoms with van der Waals surface area (Å²) in [5.74, 6) is -0.486. The molecule has 0 bridgehead atoms. The molecule has 90 valence electrons. The van der Waals surface area contributed by atoms with Crippen LogP contribution in [0.2, 0.25) is 0 Å². The standard InChI is InChI=1S/C10H7F4N3/c1-5-15-9(17-16-5)7-4-6(10(12,13)14)2-3-8(7)11/h2-4H,1H3,(H,15,16,17). The first kappa shape index (κ1) is 11.6. The van der Waals surface area contributed by atoms with E-state index in [-0.39, 0.29) is 11.4 Å². The summed E-state index contributed by atoms with van der Waals surface area (Å²) in [4.78, 5) is 3.79. The Bertz CT molecular complexity index is 545. The maximum absolute atomic E-state index is 13.4. The van der Waals surface area contributed by atoms with E-state index in [2.05, 4.69) is 15.2 Å². The number of hydrogen-bond donors (Lipinski definition) is 1. The maximum atomic E-state index is 13.4. The average Bonchev–Trinajstić information content (AvgIpc) is 2.63. The summed E-state index contributed by atoms with van der Waals surface area (Å²) < 4.78 is 50.7. The molecule has 0 saturated carbocycles. The van der Waals surface area contributed by atoms with Gasteiger partial charge >= 0.3 is 6.18 Å². The molecule has 0 aliphatic heterocycles. The predicted octanol–water partition coefficient (Wildman–Crippen LogP) is 2.94. The van der Waals surface area contributed by atoms with Crippen LogP contribution < -0.4 is 0 Å². The van der Waals surface area contributed by atoms with Crippen molar-refractivity contribution >= 4 is 0 Å². The van der Waals surface area contributed by atoms with E-state index in [9.17, 15) is 17.6 Å². The van der Waals surface area contributed by atoms with Crippen molar-refractivity contribution in [1.82, 2.24) is 15.2 Å². The Hall–Kier alpha value is -1.92. The zero-order valence-electron chi connectivity index (χ0n) is 8.64. The van der Waals surface area contributed by atoms with E-state index in [0.29, 0.717) is 18.0 Å². The molecule has 1 aromatic carbocycles. The van der Waals surface area contributed by atoms with Crippen LogP contribution in [0.5, 0.6) is 0 Å². The molecule has 0 fully saturated rings. The molecule has 0 amide bonds. The molecule has 0 radical (unpaired) electrons. The zero-order chi connectivity index (χ0) is 12.6. The van der Waals surface area contributed by atoms with Crippen molar-refractivity contribution < 1.29 is 17.6 Å². The molecular weight excluding hydrogens is 238 g/mol. The topological polar surface area (TPSA) is 41.6 Å². The molecular formula is C10H7F4N3. The quantitative estimate of drug-likeness (QED) is 0.785. The number of nitrogens with zero attached hydrogens (tertiary/aromatic N) is 2. The van der Waals surface area contributed by atoms with Gasteiger partial charge in [0.25, 0.3) is 0 Å². The highest BCUT2D eigenvalue weighted by Crippen LogP contribution is 2.32. The first-order chi connectivity index (χ1) is 7.88. The number of nitrogens with one attached hydrogen (secondary N) is 1. The minimum Gasteiger partial charge on any atom is -0.263 e. The van der Waals surface area contributed by atoms with Crippen molar-refractivity contribution in [3.63, 3.8) is 0 Å². The molecule has 0 aliphatic rings. The van der Waals surface area contributed by atoms with Crippen LogP contribution in [0.4, 0.5) is 17.6 Å². The van der Waals surface area contributed by atoms with E-state index in [0.717, 1.165) is 6.07 Å². The van der Waals surface area contributed by atoms with Crippen LogP contribution in [-0.4, -0.2) is 15.2 Å². The van der Waals surface area contributed by atoms with Gasteiger partial charge in [-0.15, -0.1) is 0 Å². The van der Waals surface area contributed by atoms with Gasteiger partial charge in [0.15, 0.2) is 5.82 Å². The molecule has 2 rings (SSSR count). The van der Waals surface area contributed by atoms with Gasteiger partial charge in [-0.25, -0.2) is 9.37 Å². The predicted molar refractivity (Wildman–Crippen MR) is 51.5 cm³/mol. The molecule has 0 saturated heterocycles. The Morgan fingerprint density at radius 2 is 1.94 bits per heavy atom. The number of hydrogen-bond acceptors (Lipinski definition) is 2. The fourth-order valence-electron chi connectivity index (χ4n) is 1.34. The van der Waals surface area contributed by atoms with E-state index >= 15 is 0 Å². The number of H-pyrrole nitrogens is 1. The van der Waals surface area contributed by atoms with Gasteiger partial charge in [-0.3, -0.25) is 5.10 Å². The Kier molecular flexibility index (Phi) is 2.60. The smallest absolute Gasteiger partial charge is 0.263 e. The highest BCUT2D eigenvalue weighted by Gasteiger charge is 2.31. The van der Waals surface area contributed by atoms with Crippen molar-refractivity contribution in [1.29, 1.82) is 0 Å². The van der Waals surface area contributed by atoms with Crippen LogP contribution in [0.15, 0.2) is 18.2 Å². The molecule has 17 heavy (non-hydrogen) atoms. The SMILES string of the molecule is Cc1nc(-c2cc(C(F)(F)F)ccc2F)n[nH]1. The fraction of sp³-hybridized carbons (Fsp3) is 0.200. The van der Waals surface area contributed by atoms with Gasteiger partial charge in [0, 0.05) is 0 Å². The number of aromatic amines is 1. The van der Waals surface area contributed by atoms with Crippen LogP contribution in [0.25, 0.3) is 11.4 Å². The van der Waals surface area contributed by atoms with Gasteiger partial charge in [-0.2, -0.15) is 18.3 Å². The van der Waals surface area contributed by atoms with Gasteiger partial charge in [0.1, 0.15) is 11.6 Å². The lowest BCUT2D eigenvalue weighted by atomic mass is 10.1. The summed E-state index contributed by atoms with van der Waals surface area (Å²) in [6, 6.07) is 2.13. The van der Waals surface area contributed by atoms with Crippen molar-refractivity contribution in [2.24, 2.45) is 0 Å². The highest BCUT2D eigenvalue weighted by atomic mass is 19.4. The van der Waals surface area contributed by atoms with Crippen LogP contribution in [0, 0.1) is 12.7 Å². The second-order valence-electron chi connectivity index (χ2n) is 3.44. The Balaban J connectivity index is 2.54. The van der Waals surface area contributed by atoms with E-state index < -0.39 is 17.6 Å². The minimum absolute atomic E-state index is 0.0916. The molecule has 7 heteroatoms. The van der Waals surface area contributed by atoms with Gasteiger partial charge in [-0.1, -0.05) is 0 Å². The number of alkyl halides is 3. The van der Waals surface area contributed by atoms with Crippen molar-refractivity contribution in [2.75, 3.05) is 0 Å². The Labute approximate surface area is 93.5 Å². The lowest BCUT2D eigenvalue weighted by molar-refractivity contribution is -0.137. The fourth-order valence-corrected chi connectivity index (χ4v) is 1.34. The zero-order valence-corrected chi connectivity index (χ0v) is 8.64. The second-order valence-corrected chi connectivity index (χ2v) is 3.44. The number of benzene rings is 1. The molecule has 0 spiro atoms. The summed E-state index contributed by atoms with van der Waals surface area (Å²) in [6.45, 7) is 1.57. The minimum atomic E-state index is -4.52. The first-order valence-electron chi connectivity index (χ1n) is 4.64. The second kappa shape index (κ2) is 3.83. The number of aryl methyl sites for hydroxylation is 1. The maximum Gasteiger partial charge on any atom is 0.416 e. The van der Waals surface area contributed by atoms with Crippen LogP contribution in [0.3, 0.4) is 0 Å². The van der Waals surface area contributed by atoms with E-state index in [1.54, 1.807) is 6.92 Å². The normalized spacial score (nSPS) is 11.8. The molecule has 1 aromatic heterocycles. The number of halogens is 4. The lowest BCUT2D eigenvalue weighted by Gasteiger charge is -2.07. The monoisotopic (exact) mass is 245 g/mol. The highest BCUT2D eigenvalue weighted by molar-refractivity contribution is 5.57. The molecule has 2 aromatic rings. The van der Waals surface area contributed by atoms with Gasteiger partial charge in [-0.05, 0) is 25.1 Å². The van der Waals surface area contributed by atoms with E-state index in [4.69, 9.17) is 0 Å². The third-order valence-corrected chi connectivity index (χ3v) is 2.13. The Morgan fingerprint density at radius 1 is 1.24 bits per heavy atom. The van der Waals surface area contributed by atoms with Crippen LogP contribution in [0.1, 0.15) is 11.4 Å². The van der Waals surface area contributed by atoms with Gasteiger partial charge in [0.2, 0.25) is 0 Å². The van der Waals surface area contributed by atoms with Crippen molar-refractivity contribution in [2.45, 2.75) is 13.1 Å². The molecule has 1 N–H and O–H groups in total. The van der Waals surface area contributed by atoms with E-state index in [1.165, 1.54) is 0 Å². The van der Waals surface area contributed by atoms with Crippen molar-refractivity contribution in [3.8, 4) is 11.4 Å². The molecule has 0 unspecified atom stereocenters. The van der Waals surface area contributed by atoms with Gasteiger partial charge < -0.3 is 0 Å². The lowest BCUT2D eigenvalue weighted by Crippen LogP contribution is -2.05. The molecule has 0 aliphatic carbocycles. The molecule has 0 atom stereocenters. The van der Waals surface area contributed by atoms with Crippen LogP contribution in [-0.2, 0) is 6.18 Å². The number of aromatic nitrogens is 3. The third-order valence-electron chi connectivity index (χ3n) is 2.13. The van der Waals surface area contributed by atoms with Gasteiger partial charge in [0.05, 0.1) is 11.1 Å². The molecule has 3 nitrogen and oxygen atoms in total. The van der Waals surface area contributed by atoms with Crippen molar-refractivity contribution in [3.05, 3.63) is 35.4 Å². The summed E-state index contributed by atoms with van der Waals surface area (Å²) in [5.41, 5.74) is -1.21. The van der Waals surface area contributed by atoms with E-state index in [1.807, 2.05) is 0 Å². The Morgan fingerprint density at radius 3 is 2.47 bits per heavy atom. The summed E-state index contributed by atoms with van der Waals surface area (Å²) in [6.07, 6.45) is -4.52. The average molecular weight is 245 g/mol. The summed E-state index contributed by atoms with van der Waals surface area (Å²) in [7, 11) is 0.